The van der Waals surface area contributed by atoms with Gasteiger partial charge in [0.25, 0.3) is 0 Å². The molecule has 148 valence electrons. The topological polar surface area (TPSA) is 78.1 Å². The molecule has 6 N–H and O–H groups in total. The molecule has 0 aliphatic carbocycles. The van der Waals surface area contributed by atoms with Crippen LogP contribution in [-0.4, -0.2) is 13.0 Å². The quantitative estimate of drug-likeness (QED) is 0.132. The molecule has 0 saturated carbocycles. The Kier molecular flexibility index (Phi) is 53.1. The molecule has 0 unspecified atom stereocenters. The third kappa shape index (κ3) is 132. The molecule has 3 nitrogen and oxygen atoms in total. The van der Waals surface area contributed by atoms with Gasteiger partial charge in [0.15, 0.2) is 0 Å². The van der Waals surface area contributed by atoms with Gasteiger partial charge in [-0.25, -0.2) is 0 Å². The van der Waals surface area contributed by atoms with E-state index in [-0.39, 0.29) is 34.0 Å². The summed E-state index contributed by atoms with van der Waals surface area (Å²) in [4.78, 5) is 0. The average Bonchev–Trinajstić information content (AvgIpc) is 2.40. The second-order valence-corrected chi connectivity index (χ2v) is 8.05. The summed E-state index contributed by atoms with van der Waals surface area (Å²) >= 11 is 24.8. The van der Waals surface area contributed by atoms with Crippen LogP contribution >= 0.6 is 36.7 Å². The molecule has 0 spiro atoms. The number of hydrogen-bond donors (Lipinski definition) is 3. The van der Waals surface area contributed by atoms with E-state index in [4.69, 9.17) is 0 Å². The molecule has 0 aromatic carbocycles. The van der Waals surface area contributed by atoms with E-state index in [0.29, 0.717) is 0 Å². The van der Waals surface area contributed by atoms with Gasteiger partial charge >= 0.3 is 21.1 Å². The van der Waals surface area contributed by atoms with Crippen LogP contribution in [0.3, 0.4) is 0 Å². The van der Waals surface area contributed by atoms with Gasteiger partial charge in [0.2, 0.25) is 0 Å². The van der Waals surface area contributed by atoms with Gasteiger partial charge < -0.3 is 98.7 Å². The second kappa shape index (κ2) is 36.0. The van der Waals surface area contributed by atoms with Gasteiger partial charge in [0.1, 0.15) is 0 Å². The van der Waals surface area contributed by atoms with E-state index in [2.05, 4.69) is 106 Å². The van der Waals surface area contributed by atoms with Crippen LogP contribution in [0.25, 0.3) is 0 Å². The molecule has 10 heteroatoms. The van der Waals surface area contributed by atoms with E-state index in [9.17, 15) is 0 Å². The molecule has 0 bridgehead atoms. The predicted molar refractivity (Wildman–Crippen MR) is 130 cm³/mol. The Morgan fingerprint density at radius 2 is 0.880 bits per heavy atom. The summed E-state index contributed by atoms with van der Waals surface area (Å²) in [5.41, 5.74) is 14.0. The fourth-order valence-corrected chi connectivity index (χ4v) is 1.49. The predicted octanol–water partition coefficient (Wildman–Crippen LogP) is 4.07. The smallest absolute Gasteiger partial charge is 0.415 e. The van der Waals surface area contributed by atoms with Gasteiger partial charge in [-0.05, 0) is 0 Å². The Bertz CT molecular complexity index is 244. The first kappa shape index (κ1) is 36.9. The van der Waals surface area contributed by atoms with Crippen molar-refractivity contribution >= 4 is 87.5 Å². The van der Waals surface area contributed by atoms with Gasteiger partial charge in [-0.2, -0.15) is 6.42 Å². The van der Waals surface area contributed by atoms with Crippen molar-refractivity contribution in [3.63, 3.8) is 0 Å². The van der Waals surface area contributed by atoms with E-state index < -0.39 is 0 Å². The number of nitrogens with two attached hydrogens (primary N) is 3. The Morgan fingerprint density at radius 1 is 0.680 bits per heavy atom. The fourth-order valence-electron chi connectivity index (χ4n) is 1.49. The summed E-state index contributed by atoms with van der Waals surface area (Å²) in [7, 11) is 0. The second-order valence-electron chi connectivity index (χ2n) is 4.64. The molecule has 0 aliphatic rings. The Hall–Kier alpha value is 1.02. The molecular formula is C15H31MoN3S6. The van der Waals surface area contributed by atoms with E-state index in [0.717, 1.165) is 6.42 Å². The van der Waals surface area contributed by atoms with Crippen LogP contribution in [0.15, 0.2) is 0 Å². The number of hydrogen-bond acceptors (Lipinski definition) is 6. The van der Waals surface area contributed by atoms with Gasteiger partial charge in [0.05, 0.1) is 0 Å². The SMILES string of the molecule is NC(=S)[S-].NC(=S)[S-].NC(=S)[S-].[CH2-]CCCCCCCCCCC.[Mo+4]. The van der Waals surface area contributed by atoms with Gasteiger partial charge in [-0.3, -0.25) is 0 Å². The van der Waals surface area contributed by atoms with Gasteiger partial charge in [0, 0.05) is 0 Å². The normalized spacial score (nSPS) is 7.92. The fraction of sp³-hybridized carbons (Fsp3) is 0.733. The van der Waals surface area contributed by atoms with E-state index in [1.807, 2.05) is 0 Å². The maximum atomic E-state index is 4.66. The largest absolute Gasteiger partial charge is 4.00 e. The van der Waals surface area contributed by atoms with Crippen molar-refractivity contribution in [3.05, 3.63) is 6.92 Å². The number of rotatable bonds is 9. The minimum Gasteiger partial charge on any atom is -0.415 e. The first-order valence-corrected chi connectivity index (χ1v) is 10.2. The van der Waals surface area contributed by atoms with Crippen molar-refractivity contribution in [2.24, 2.45) is 17.2 Å². The standard InChI is InChI=1S/C12H25.3CH3NS2.Mo/c1-3-5-7-9-11-12-10-8-6-4-2;3*2-1(3)4;/h1,3-12H2,2H3;3*(H3,2,3,4);/q-1;;;;+4/p-3. The van der Waals surface area contributed by atoms with E-state index in [1.54, 1.807) is 0 Å². The van der Waals surface area contributed by atoms with Gasteiger partial charge in [-0.1, -0.05) is 77.7 Å². The maximum Gasteiger partial charge on any atom is 4.00 e. The summed E-state index contributed by atoms with van der Waals surface area (Å²) < 4.78 is 0.250. The van der Waals surface area contributed by atoms with Crippen LogP contribution in [0.2, 0.25) is 0 Å². The molecule has 0 fully saturated rings. The third-order valence-corrected chi connectivity index (χ3v) is 2.35. The van der Waals surface area contributed by atoms with Crippen molar-refractivity contribution < 1.29 is 21.1 Å². The average molecular weight is 542 g/mol. The zero-order valence-corrected chi connectivity index (χ0v) is 21.8. The summed E-state index contributed by atoms with van der Waals surface area (Å²) in [5.74, 6) is 0. The summed E-state index contributed by atoms with van der Waals surface area (Å²) in [6.07, 6.45) is 13.9. The van der Waals surface area contributed by atoms with Crippen molar-refractivity contribution in [1.29, 1.82) is 0 Å². The van der Waals surface area contributed by atoms with Gasteiger partial charge in [-0.15, -0.1) is 0 Å². The molecule has 0 amide bonds. The summed E-state index contributed by atoms with van der Waals surface area (Å²) in [5, 5.41) is 0. The van der Waals surface area contributed by atoms with Crippen LogP contribution < -0.4 is 17.2 Å². The monoisotopic (exact) mass is 543 g/mol. The van der Waals surface area contributed by atoms with E-state index >= 15 is 0 Å². The van der Waals surface area contributed by atoms with Crippen molar-refractivity contribution in [2.75, 3.05) is 0 Å². The minimum atomic E-state index is 0. The molecule has 0 aromatic rings. The Balaban J connectivity index is -0.0000000850. The molecule has 0 aromatic heterocycles. The zero-order valence-electron chi connectivity index (χ0n) is 14.9. The third-order valence-electron chi connectivity index (χ3n) is 2.35. The van der Waals surface area contributed by atoms with Crippen LogP contribution in [0.1, 0.15) is 71.1 Å². The zero-order chi connectivity index (χ0) is 19.8. The molecule has 25 heavy (non-hydrogen) atoms. The molecule has 0 heterocycles. The maximum absolute atomic E-state index is 4.66. The summed E-state index contributed by atoms with van der Waals surface area (Å²) in [6.45, 7) is 6.12. The summed E-state index contributed by atoms with van der Waals surface area (Å²) in [6, 6.07) is 0. The molecule has 0 aliphatic heterocycles. The van der Waals surface area contributed by atoms with Crippen LogP contribution in [0, 0.1) is 6.92 Å². The molecule has 0 saturated heterocycles. The molecule has 0 radical (unpaired) electrons. The first-order valence-electron chi connectivity index (χ1n) is 7.80. The van der Waals surface area contributed by atoms with Crippen LogP contribution in [0.4, 0.5) is 0 Å². The minimum absolute atomic E-state index is 0. The molecule has 0 atom stereocenters. The first-order chi connectivity index (χ1) is 11.1. The van der Waals surface area contributed by atoms with Crippen molar-refractivity contribution in [2.45, 2.75) is 71.1 Å². The van der Waals surface area contributed by atoms with Crippen molar-refractivity contribution in [1.82, 2.24) is 0 Å². The molecular weight excluding hydrogens is 511 g/mol. The Labute approximate surface area is 202 Å². The van der Waals surface area contributed by atoms with E-state index in [1.165, 1.54) is 57.8 Å². The van der Waals surface area contributed by atoms with Crippen molar-refractivity contribution in [3.8, 4) is 0 Å². The Morgan fingerprint density at radius 3 is 1.08 bits per heavy atom. The number of unbranched alkanes of at least 4 members (excludes halogenated alkanes) is 9. The van der Waals surface area contributed by atoms with Crippen LogP contribution in [-0.2, 0) is 59.0 Å². The molecule has 0 rings (SSSR count). The number of thiocarbonyl (C=S) groups is 3. The van der Waals surface area contributed by atoms with Crippen LogP contribution in [0.5, 0.6) is 0 Å².